The van der Waals surface area contributed by atoms with Gasteiger partial charge < -0.3 is 0 Å². The first-order valence-corrected chi connectivity index (χ1v) is 7.61. The monoisotopic (exact) mass is 257 g/mol. The average Bonchev–Trinajstić information content (AvgIpc) is 2.29. The normalized spacial score (nSPS) is 13.6. The van der Waals surface area contributed by atoms with E-state index in [9.17, 15) is 8.42 Å². The average molecular weight is 257 g/mol. The van der Waals surface area contributed by atoms with Gasteiger partial charge in [0.1, 0.15) is 9.84 Å². The molecular formula is C11H19N3O2S. The minimum absolute atomic E-state index is 0.0988. The van der Waals surface area contributed by atoms with Gasteiger partial charge in [-0.3, -0.25) is 16.3 Å². The zero-order chi connectivity index (χ0) is 12.9. The Morgan fingerprint density at radius 3 is 2.76 bits per heavy atom. The van der Waals surface area contributed by atoms with Crippen molar-refractivity contribution in [3.8, 4) is 0 Å². The molecule has 0 amide bonds. The zero-order valence-corrected chi connectivity index (χ0v) is 11.0. The number of aromatic nitrogens is 1. The molecule has 1 unspecified atom stereocenters. The highest BCUT2D eigenvalue weighted by atomic mass is 32.2. The number of pyridine rings is 1. The summed E-state index contributed by atoms with van der Waals surface area (Å²) in [6.45, 7) is 2.03. The second-order valence-electron chi connectivity index (χ2n) is 4.04. The Morgan fingerprint density at radius 2 is 2.24 bits per heavy atom. The van der Waals surface area contributed by atoms with Gasteiger partial charge in [0.05, 0.1) is 17.5 Å². The van der Waals surface area contributed by atoms with Crippen LogP contribution in [0.4, 0.5) is 0 Å². The van der Waals surface area contributed by atoms with E-state index in [0.717, 1.165) is 17.7 Å². The summed E-state index contributed by atoms with van der Waals surface area (Å²) in [5.41, 5.74) is 4.56. The van der Waals surface area contributed by atoms with E-state index in [1.54, 1.807) is 6.20 Å². The highest BCUT2D eigenvalue weighted by molar-refractivity contribution is 7.90. The Labute approximate surface area is 102 Å². The summed E-state index contributed by atoms with van der Waals surface area (Å²) in [4.78, 5) is 4.28. The largest absolute Gasteiger partial charge is 0.271 e. The van der Waals surface area contributed by atoms with Crippen molar-refractivity contribution in [2.45, 2.75) is 25.8 Å². The Bertz CT molecular complexity index is 460. The summed E-state index contributed by atoms with van der Waals surface area (Å²) < 4.78 is 22.3. The van der Waals surface area contributed by atoms with E-state index < -0.39 is 9.84 Å². The molecule has 17 heavy (non-hydrogen) atoms. The zero-order valence-electron chi connectivity index (χ0n) is 10.2. The number of hydrazine groups is 1. The molecule has 0 radical (unpaired) electrons. The van der Waals surface area contributed by atoms with Gasteiger partial charge in [0.2, 0.25) is 0 Å². The van der Waals surface area contributed by atoms with Crippen LogP contribution < -0.4 is 11.3 Å². The summed E-state index contributed by atoms with van der Waals surface area (Å²) in [6.07, 6.45) is 4.19. The molecule has 0 aromatic carbocycles. The van der Waals surface area contributed by atoms with Crippen LogP contribution in [0.3, 0.4) is 0 Å². The molecule has 0 aliphatic carbocycles. The molecule has 1 rings (SSSR count). The van der Waals surface area contributed by atoms with Gasteiger partial charge in [-0.15, -0.1) is 0 Å². The van der Waals surface area contributed by atoms with Crippen LogP contribution in [0.15, 0.2) is 18.3 Å². The summed E-state index contributed by atoms with van der Waals surface area (Å²) in [5.74, 6) is 5.57. The van der Waals surface area contributed by atoms with Gasteiger partial charge in [-0.2, -0.15) is 0 Å². The lowest BCUT2D eigenvalue weighted by molar-refractivity contribution is 0.516. The van der Waals surface area contributed by atoms with Crippen molar-refractivity contribution in [2.24, 2.45) is 5.84 Å². The summed E-state index contributed by atoms with van der Waals surface area (Å²) in [7, 11) is -2.98. The van der Waals surface area contributed by atoms with Crippen molar-refractivity contribution in [3.63, 3.8) is 0 Å². The Kier molecular flexibility index (Phi) is 5.04. The van der Waals surface area contributed by atoms with Crippen molar-refractivity contribution in [1.29, 1.82) is 0 Å². The maximum atomic E-state index is 11.1. The van der Waals surface area contributed by atoms with Crippen molar-refractivity contribution >= 4 is 9.84 Å². The quantitative estimate of drug-likeness (QED) is 0.575. The highest BCUT2D eigenvalue weighted by Gasteiger charge is 2.16. The third-order valence-electron chi connectivity index (χ3n) is 2.62. The number of nitrogens with zero attached hydrogens (tertiary/aromatic N) is 1. The topological polar surface area (TPSA) is 85.1 Å². The van der Waals surface area contributed by atoms with E-state index in [1.807, 2.05) is 19.1 Å². The van der Waals surface area contributed by atoms with Gasteiger partial charge in [0, 0.05) is 12.5 Å². The van der Waals surface area contributed by atoms with E-state index >= 15 is 0 Å². The van der Waals surface area contributed by atoms with E-state index in [1.165, 1.54) is 6.26 Å². The van der Waals surface area contributed by atoms with Crippen molar-refractivity contribution < 1.29 is 8.42 Å². The summed E-state index contributed by atoms with van der Waals surface area (Å²) in [5, 5.41) is 0. The lowest BCUT2D eigenvalue weighted by atomic mass is 10.0. The second-order valence-corrected chi connectivity index (χ2v) is 6.30. The molecule has 1 aromatic heterocycles. The van der Waals surface area contributed by atoms with Crippen LogP contribution in [0, 0.1) is 0 Å². The molecule has 96 valence electrons. The van der Waals surface area contributed by atoms with Gasteiger partial charge in [-0.25, -0.2) is 8.42 Å². The second kappa shape index (κ2) is 6.09. The number of sulfone groups is 1. The molecule has 1 atom stereocenters. The van der Waals surface area contributed by atoms with Crippen molar-refractivity contribution in [3.05, 3.63) is 29.6 Å². The standard InChI is InChI=1S/C11H19N3O2S/c1-3-9-5-4-7-13-11(9)10(14-12)6-8-17(2,15)16/h4-5,7,10,14H,3,6,8,12H2,1-2H3. The fraction of sp³-hybridized carbons (Fsp3) is 0.545. The molecule has 0 saturated carbocycles. The minimum atomic E-state index is -2.98. The SMILES string of the molecule is CCc1cccnc1C(CCS(C)(=O)=O)NN. The van der Waals surface area contributed by atoms with E-state index in [-0.39, 0.29) is 11.8 Å². The van der Waals surface area contributed by atoms with Gasteiger partial charge in [0.25, 0.3) is 0 Å². The van der Waals surface area contributed by atoms with Crippen molar-refractivity contribution in [2.75, 3.05) is 12.0 Å². The van der Waals surface area contributed by atoms with Crippen LogP contribution in [0.25, 0.3) is 0 Å². The van der Waals surface area contributed by atoms with Crippen LogP contribution in [-0.2, 0) is 16.3 Å². The maximum Gasteiger partial charge on any atom is 0.147 e. The molecular weight excluding hydrogens is 238 g/mol. The van der Waals surface area contributed by atoms with Gasteiger partial charge in [0.15, 0.2) is 0 Å². The molecule has 0 saturated heterocycles. The van der Waals surface area contributed by atoms with Crippen LogP contribution >= 0.6 is 0 Å². The molecule has 0 spiro atoms. The van der Waals surface area contributed by atoms with Crippen molar-refractivity contribution in [1.82, 2.24) is 10.4 Å². The van der Waals surface area contributed by atoms with Crippen LogP contribution in [0.2, 0.25) is 0 Å². The fourth-order valence-electron chi connectivity index (χ4n) is 1.69. The lowest BCUT2D eigenvalue weighted by Crippen LogP contribution is -2.31. The number of hydrogen-bond donors (Lipinski definition) is 2. The van der Waals surface area contributed by atoms with Gasteiger partial charge >= 0.3 is 0 Å². The number of hydrogen-bond acceptors (Lipinski definition) is 5. The minimum Gasteiger partial charge on any atom is -0.271 e. The highest BCUT2D eigenvalue weighted by Crippen LogP contribution is 2.18. The van der Waals surface area contributed by atoms with E-state index in [2.05, 4.69) is 10.4 Å². The summed E-state index contributed by atoms with van der Waals surface area (Å²) in [6, 6.07) is 3.63. The van der Waals surface area contributed by atoms with Gasteiger partial charge in [-0.1, -0.05) is 13.0 Å². The third kappa shape index (κ3) is 4.41. The molecule has 5 nitrogen and oxygen atoms in total. The predicted molar refractivity (Wildman–Crippen MR) is 68.0 cm³/mol. The predicted octanol–water partition coefficient (Wildman–Crippen LogP) is 0.583. The molecule has 0 fully saturated rings. The number of nitrogens with one attached hydrogen (secondary N) is 1. The van der Waals surface area contributed by atoms with Gasteiger partial charge in [-0.05, 0) is 24.5 Å². The molecule has 6 heteroatoms. The Morgan fingerprint density at radius 1 is 1.53 bits per heavy atom. The molecule has 1 aromatic rings. The number of rotatable bonds is 6. The first kappa shape index (κ1) is 14.1. The first-order chi connectivity index (χ1) is 7.98. The molecule has 0 aliphatic rings. The smallest absolute Gasteiger partial charge is 0.147 e. The summed E-state index contributed by atoms with van der Waals surface area (Å²) >= 11 is 0. The Hall–Kier alpha value is -0.980. The third-order valence-corrected chi connectivity index (χ3v) is 3.59. The molecule has 0 aliphatic heterocycles. The van der Waals surface area contributed by atoms with E-state index in [4.69, 9.17) is 5.84 Å². The Balaban J connectivity index is 2.86. The first-order valence-electron chi connectivity index (χ1n) is 5.55. The maximum absolute atomic E-state index is 11.1. The van der Waals surface area contributed by atoms with E-state index in [0.29, 0.717) is 6.42 Å². The molecule has 3 N–H and O–H groups in total. The van der Waals surface area contributed by atoms with Crippen LogP contribution in [0.1, 0.15) is 30.6 Å². The lowest BCUT2D eigenvalue weighted by Gasteiger charge is -2.17. The molecule has 0 bridgehead atoms. The molecule has 1 heterocycles. The number of aryl methyl sites for hydroxylation is 1. The van der Waals surface area contributed by atoms with Crippen LogP contribution in [0.5, 0.6) is 0 Å². The van der Waals surface area contributed by atoms with Crippen LogP contribution in [-0.4, -0.2) is 25.4 Å². The fourth-order valence-corrected chi connectivity index (χ4v) is 2.36. The number of nitrogens with two attached hydrogens (primary N) is 1.